The van der Waals surface area contributed by atoms with Gasteiger partial charge in [-0.25, -0.2) is 14.8 Å². The highest BCUT2D eigenvalue weighted by Gasteiger charge is 2.23. The standard InChI is InChI=1S/C20H28N6O2/c1-3-21-19(25-10-12-26(13-11-25)20(27)28-4-2)23-15-18-22-14-17(24-18)16-8-6-5-7-9-16/h5-9,14H,3-4,10-13,15H2,1-2H3,(H,21,23)(H,22,24). The zero-order valence-corrected chi connectivity index (χ0v) is 16.5. The van der Waals surface area contributed by atoms with Crippen molar-refractivity contribution in [1.29, 1.82) is 0 Å². The van der Waals surface area contributed by atoms with E-state index in [0.29, 0.717) is 26.2 Å². The van der Waals surface area contributed by atoms with Crippen LogP contribution >= 0.6 is 0 Å². The summed E-state index contributed by atoms with van der Waals surface area (Å²) < 4.78 is 5.08. The van der Waals surface area contributed by atoms with Crippen molar-refractivity contribution in [3.05, 3.63) is 42.4 Å². The van der Waals surface area contributed by atoms with Crippen molar-refractivity contribution < 1.29 is 9.53 Å². The number of aromatic amines is 1. The summed E-state index contributed by atoms with van der Waals surface area (Å²) in [5.74, 6) is 1.66. The number of carbonyl (C=O) groups excluding carboxylic acids is 1. The van der Waals surface area contributed by atoms with E-state index >= 15 is 0 Å². The average Bonchev–Trinajstić information content (AvgIpc) is 3.21. The molecular weight excluding hydrogens is 356 g/mol. The normalized spacial score (nSPS) is 14.9. The van der Waals surface area contributed by atoms with E-state index < -0.39 is 0 Å². The molecule has 8 nitrogen and oxygen atoms in total. The van der Waals surface area contributed by atoms with Crippen LogP contribution in [0.5, 0.6) is 0 Å². The second kappa shape index (κ2) is 9.77. The van der Waals surface area contributed by atoms with E-state index in [-0.39, 0.29) is 6.09 Å². The van der Waals surface area contributed by atoms with Gasteiger partial charge in [0, 0.05) is 32.7 Å². The van der Waals surface area contributed by atoms with Gasteiger partial charge in [-0.1, -0.05) is 30.3 Å². The number of ether oxygens (including phenoxy) is 1. The molecule has 1 aromatic heterocycles. The predicted molar refractivity (Wildman–Crippen MR) is 109 cm³/mol. The predicted octanol–water partition coefficient (Wildman–Crippen LogP) is 2.32. The minimum atomic E-state index is -0.242. The first-order valence-corrected chi connectivity index (χ1v) is 9.75. The number of aromatic nitrogens is 2. The van der Waals surface area contributed by atoms with Gasteiger partial charge in [-0.2, -0.15) is 0 Å². The van der Waals surface area contributed by atoms with E-state index in [1.165, 1.54) is 0 Å². The fourth-order valence-electron chi connectivity index (χ4n) is 3.10. The Morgan fingerprint density at radius 2 is 1.89 bits per heavy atom. The molecule has 3 rings (SSSR count). The third kappa shape index (κ3) is 5.03. The fraction of sp³-hybridized carbons (Fsp3) is 0.450. The Morgan fingerprint density at radius 3 is 2.57 bits per heavy atom. The van der Waals surface area contributed by atoms with Crippen LogP contribution in [0, 0.1) is 0 Å². The Balaban J connectivity index is 1.61. The number of benzene rings is 1. The van der Waals surface area contributed by atoms with Crippen LogP contribution in [0.25, 0.3) is 11.3 Å². The number of guanidine groups is 1. The lowest BCUT2D eigenvalue weighted by Crippen LogP contribution is -2.53. The topological polar surface area (TPSA) is 85.9 Å². The lowest BCUT2D eigenvalue weighted by atomic mass is 10.2. The van der Waals surface area contributed by atoms with Crippen molar-refractivity contribution >= 4 is 12.1 Å². The lowest BCUT2D eigenvalue weighted by molar-refractivity contribution is 0.0914. The number of hydrogen-bond donors (Lipinski definition) is 2. The van der Waals surface area contributed by atoms with Gasteiger partial charge >= 0.3 is 6.09 Å². The Kier molecular flexibility index (Phi) is 6.89. The highest BCUT2D eigenvalue weighted by atomic mass is 16.6. The molecule has 8 heteroatoms. The van der Waals surface area contributed by atoms with Gasteiger partial charge in [0.1, 0.15) is 12.4 Å². The first-order chi connectivity index (χ1) is 13.7. The van der Waals surface area contributed by atoms with Gasteiger partial charge in [-0.15, -0.1) is 0 Å². The van der Waals surface area contributed by atoms with Gasteiger partial charge in [-0.05, 0) is 19.4 Å². The molecule has 0 atom stereocenters. The molecule has 0 unspecified atom stereocenters. The zero-order valence-electron chi connectivity index (χ0n) is 16.5. The van der Waals surface area contributed by atoms with Crippen molar-refractivity contribution in [2.75, 3.05) is 39.3 Å². The van der Waals surface area contributed by atoms with Gasteiger partial charge in [0.2, 0.25) is 0 Å². The molecule has 0 aliphatic carbocycles. The second-order valence-electron chi connectivity index (χ2n) is 6.45. The molecule has 1 aliphatic heterocycles. The number of aliphatic imine (C=N–C) groups is 1. The second-order valence-corrected chi connectivity index (χ2v) is 6.45. The molecule has 2 N–H and O–H groups in total. The summed E-state index contributed by atoms with van der Waals surface area (Å²) in [5.41, 5.74) is 2.09. The number of rotatable bonds is 5. The summed E-state index contributed by atoms with van der Waals surface area (Å²) in [6, 6.07) is 10.1. The Bertz CT molecular complexity index is 781. The van der Waals surface area contributed by atoms with Gasteiger partial charge in [0.25, 0.3) is 0 Å². The van der Waals surface area contributed by atoms with Gasteiger partial charge in [0.05, 0.1) is 18.5 Å². The number of amides is 1. The van der Waals surface area contributed by atoms with Crippen LogP contribution in [0.15, 0.2) is 41.5 Å². The molecule has 1 aliphatic rings. The minimum absolute atomic E-state index is 0.242. The third-order valence-corrected chi connectivity index (χ3v) is 4.53. The number of nitrogens with zero attached hydrogens (tertiary/aromatic N) is 4. The van der Waals surface area contributed by atoms with E-state index in [4.69, 9.17) is 9.73 Å². The number of hydrogen-bond acceptors (Lipinski definition) is 4. The number of imidazole rings is 1. The van der Waals surface area contributed by atoms with E-state index in [2.05, 4.69) is 20.2 Å². The molecule has 0 radical (unpaired) electrons. The summed E-state index contributed by atoms with van der Waals surface area (Å²) in [6.45, 7) is 8.21. The first-order valence-electron chi connectivity index (χ1n) is 9.75. The van der Waals surface area contributed by atoms with E-state index in [0.717, 1.165) is 42.7 Å². The Hall–Kier alpha value is -3.03. The van der Waals surface area contributed by atoms with E-state index in [1.54, 1.807) is 4.90 Å². The zero-order chi connectivity index (χ0) is 19.8. The monoisotopic (exact) mass is 384 g/mol. The first kappa shape index (κ1) is 19.7. The summed E-state index contributed by atoms with van der Waals surface area (Å²) in [5, 5.41) is 3.33. The van der Waals surface area contributed by atoms with Crippen LogP contribution in [0.2, 0.25) is 0 Å². The number of H-pyrrole nitrogens is 1. The van der Waals surface area contributed by atoms with Crippen LogP contribution in [-0.2, 0) is 11.3 Å². The molecule has 0 spiro atoms. The third-order valence-electron chi connectivity index (χ3n) is 4.53. The minimum Gasteiger partial charge on any atom is -0.450 e. The van der Waals surface area contributed by atoms with Gasteiger partial charge in [0.15, 0.2) is 5.96 Å². The molecule has 1 saturated heterocycles. The Labute approximate surface area is 165 Å². The maximum atomic E-state index is 11.9. The van der Waals surface area contributed by atoms with Crippen molar-refractivity contribution in [1.82, 2.24) is 25.1 Å². The molecular formula is C20H28N6O2. The van der Waals surface area contributed by atoms with Crippen molar-refractivity contribution in [2.45, 2.75) is 20.4 Å². The van der Waals surface area contributed by atoms with Crippen LogP contribution in [-0.4, -0.2) is 71.2 Å². The molecule has 1 aromatic carbocycles. The maximum Gasteiger partial charge on any atom is 0.409 e. The molecule has 150 valence electrons. The fourth-order valence-corrected chi connectivity index (χ4v) is 3.10. The van der Waals surface area contributed by atoms with Crippen LogP contribution in [0.3, 0.4) is 0 Å². The number of piperazine rings is 1. The smallest absolute Gasteiger partial charge is 0.409 e. The van der Waals surface area contributed by atoms with Crippen LogP contribution in [0.1, 0.15) is 19.7 Å². The Morgan fingerprint density at radius 1 is 1.18 bits per heavy atom. The quantitative estimate of drug-likeness (QED) is 0.610. The summed E-state index contributed by atoms with van der Waals surface area (Å²) in [4.78, 5) is 28.3. The largest absolute Gasteiger partial charge is 0.450 e. The summed E-state index contributed by atoms with van der Waals surface area (Å²) >= 11 is 0. The van der Waals surface area contributed by atoms with Crippen molar-refractivity contribution in [3.8, 4) is 11.3 Å². The molecule has 0 bridgehead atoms. The number of carbonyl (C=O) groups is 1. The molecule has 0 saturated carbocycles. The average molecular weight is 384 g/mol. The van der Waals surface area contributed by atoms with Gasteiger partial charge in [-0.3, -0.25) is 0 Å². The van der Waals surface area contributed by atoms with Crippen molar-refractivity contribution in [2.24, 2.45) is 4.99 Å². The highest BCUT2D eigenvalue weighted by molar-refractivity contribution is 5.80. The highest BCUT2D eigenvalue weighted by Crippen LogP contribution is 2.16. The molecule has 1 amide bonds. The maximum absolute atomic E-state index is 11.9. The summed E-state index contributed by atoms with van der Waals surface area (Å²) in [7, 11) is 0. The van der Waals surface area contributed by atoms with Crippen LogP contribution in [0.4, 0.5) is 4.79 Å². The van der Waals surface area contributed by atoms with Crippen LogP contribution < -0.4 is 5.32 Å². The lowest BCUT2D eigenvalue weighted by Gasteiger charge is -2.35. The van der Waals surface area contributed by atoms with E-state index in [9.17, 15) is 4.79 Å². The van der Waals surface area contributed by atoms with Gasteiger partial charge < -0.3 is 24.8 Å². The van der Waals surface area contributed by atoms with Crippen molar-refractivity contribution in [3.63, 3.8) is 0 Å². The molecule has 2 aromatic rings. The molecule has 1 fully saturated rings. The molecule has 2 heterocycles. The number of nitrogens with one attached hydrogen (secondary N) is 2. The SMILES string of the molecule is CCNC(=NCc1ncc(-c2ccccc2)[nH]1)N1CCN(C(=O)OCC)CC1. The summed E-state index contributed by atoms with van der Waals surface area (Å²) in [6.07, 6.45) is 1.60. The molecule has 28 heavy (non-hydrogen) atoms. The van der Waals surface area contributed by atoms with E-state index in [1.807, 2.05) is 50.4 Å².